The summed E-state index contributed by atoms with van der Waals surface area (Å²) in [7, 11) is 0. The van der Waals surface area contributed by atoms with Gasteiger partial charge < -0.3 is 10.0 Å². The first kappa shape index (κ1) is 20.5. The summed E-state index contributed by atoms with van der Waals surface area (Å²) in [6.45, 7) is 0.631. The number of carbonyl (C=O) groups is 2. The van der Waals surface area contributed by atoms with Crippen LogP contribution in [0.5, 0.6) is 0 Å². The van der Waals surface area contributed by atoms with Gasteiger partial charge in [-0.25, -0.2) is 9.78 Å². The predicted molar refractivity (Wildman–Crippen MR) is 109 cm³/mol. The van der Waals surface area contributed by atoms with Crippen molar-refractivity contribution < 1.29 is 14.7 Å². The van der Waals surface area contributed by atoms with Crippen LogP contribution in [-0.2, 0) is 11.2 Å². The fraction of sp³-hybridized carbons (Fsp3) is 0.389. The van der Waals surface area contributed by atoms with E-state index < -0.39 is 5.97 Å². The van der Waals surface area contributed by atoms with Gasteiger partial charge in [0.1, 0.15) is 0 Å². The minimum absolute atomic E-state index is 0.0674. The molecule has 3 rings (SSSR count). The lowest BCUT2D eigenvalue weighted by Gasteiger charge is -2.24. The molecule has 27 heavy (non-hydrogen) atoms. The summed E-state index contributed by atoms with van der Waals surface area (Å²) in [4.78, 5) is 29.1. The summed E-state index contributed by atoms with van der Waals surface area (Å²) in [5.41, 5.74) is 1.14. The molecule has 5 nitrogen and oxygen atoms in total. The van der Waals surface area contributed by atoms with E-state index >= 15 is 0 Å². The monoisotopic (exact) mass is 444 g/mol. The van der Waals surface area contributed by atoms with E-state index in [0.29, 0.717) is 33.1 Å². The van der Waals surface area contributed by atoms with Gasteiger partial charge in [-0.05, 0) is 43.0 Å². The molecular weight excluding hydrogens is 427 g/mol. The van der Waals surface area contributed by atoms with Crippen LogP contribution in [0.4, 0.5) is 0 Å². The Bertz CT molecular complexity index is 824. The van der Waals surface area contributed by atoms with Gasteiger partial charge in [-0.2, -0.15) is 0 Å². The molecule has 2 heterocycles. The third-order valence-electron chi connectivity index (χ3n) is 4.40. The van der Waals surface area contributed by atoms with Gasteiger partial charge >= 0.3 is 5.97 Å². The average molecular weight is 445 g/mol. The van der Waals surface area contributed by atoms with Crippen molar-refractivity contribution in [3.05, 3.63) is 44.9 Å². The molecule has 1 aromatic carbocycles. The molecule has 1 amide bonds. The smallest absolute Gasteiger partial charge is 0.355 e. The van der Waals surface area contributed by atoms with E-state index in [1.165, 1.54) is 28.5 Å². The first-order valence-electron chi connectivity index (χ1n) is 8.48. The molecule has 0 bridgehead atoms. The number of aromatic nitrogens is 1. The molecule has 1 aromatic heterocycles. The summed E-state index contributed by atoms with van der Waals surface area (Å²) in [5, 5.41) is 11.7. The molecule has 1 aliphatic heterocycles. The third kappa shape index (κ3) is 5.60. The first-order chi connectivity index (χ1) is 12.9. The third-order valence-corrected chi connectivity index (χ3v) is 6.84. The van der Waals surface area contributed by atoms with Gasteiger partial charge in [0.25, 0.3) is 0 Å². The van der Waals surface area contributed by atoms with Crippen molar-refractivity contribution >= 4 is 58.2 Å². The number of hydrogen-bond acceptors (Lipinski definition) is 5. The van der Waals surface area contributed by atoms with Crippen LogP contribution in [0.2, 0.25) is 10.0 Å². The number of nitrogens with zero attached hydrogens (tertiary/aromatic N) is 2. The van der Waals surface area contributed by atoms with Gasteiger partial charge in [-0.1, -0.05) is 35.0 Å². The van der Waals surface area contributed by atoms with E-state index in [2.05, 4.69) is 4.98 Å². The topological polar surface area (TPSA) is 70.5 Å². The zero-order valence-electron chi connectivity index (χ0n) is 14.4. The maximum absolute atomic E-state index is 12.2. The van der Waals surface area contributed by atoms with Crippen molar-refractivity contribution in [1.29, 1.82) is 0 Å². The maximum atomic E-state index is 12.2. The number of thioether (sulfide) groups is 1. The highest BCUT2D eigenvalue weighted by molar-refractivity contribution is 8.01. The molecule has 0 saturated carbocycles. The van der Waals surface area contributed by atoms with Gasteiger partial charge in [0, 0.05) is 40.2 Å². The summed E-state index contributed by atoms with van der Waals surface area (Å²) in [5.74, 6) is -0.151. The maximum Gasteiger partial charge on any atom is 0.355 e. The van der Waals surface area contributed by atoms with Crippen LogP contribution in [0.15, 0.2) is 27.9 Å². The van der Waals surface area contributed by atoms with Crippen LogP contribution in [0, 0.1) is 0 Å². The molecule has 0 radical (unpaired) electrons. The van der Waals surface area contributed by atoms with Crippen molar-refractivity contribution in [2.24, 2.45) is 0 Å². The highest BCUT2D eigenvalue weighted by Crippen LogP contribution is 2.27. The lowest BCUT2D eigenvalue weighted by molar-refractivity contribution is -0.128. The van der Waals surface area contributed by atoms with Crippen LogP contribution in [0.25, 0.3) is 0 Å². The normalized spacial score (nSPS) is 16.9. The molecule has 1 aliphatic rings. The molecule has 2 aromatic rings. The number of aryl methyl sites for hydroxylation is 1. The number of aromatic carboxylic acids is 1. The molecule has 1 saturated heterocycles. The molecule has 1 unspecified atom stereocenters. The van der Waals surface area contributed by atoms with E-state index in [-0.39, 0.29) is 17.6 Å². The minimum Gasteiger partial charge on any atom is -0.476 e. The summed E-state index contributed by atoms with van der Waals surface area (Å²) < 4.78 is 0.712. The Labute approximate surface area is 175 Å². The Morgan fingerprint density at radius 2 is 2.07 bits per heavy atom. The van der Waals surface area contributed by atoms with E-state index in [0.717, 1.165) is 24.8 Å². The highest BCUT2D eigenvalue weighted by atomic mass is 35.5. The lowest BCUT2D eigenvalue weighted by Crippen LogP contribution is -2.35. The van der Waals surface area contributed by atoms with Gasteiger partial charge in [0.05, 0.1) is 0 Å². The number of carboxylic acids is 1. The summed E-state index contributed by atoms with van der Waals surface area (Å²) in [6, 6.07) is 5.74. The largest absolute Gasteiger partial charge is 0.476 e. The second-order valence-electron chi connectivity index (χ2n) is 6.25. The zero-order valence-corrected chi connectivity index (χ0v) is 17.5. The van der Waals surface area contributed by atoms with Crippen LogP contribution in [0.3, 0.4) is 0 Å². The minimum atomic E-state index is -1.02. The van der Waals surface area contributed by atoms with Gasteiger partial charge in [-0.3, -0.25) is 4.79 Å². The second-order valence-corrected chi connectivity index (χ2v) is 9.32. The van der Waals surface area contributed by atoms with Crippen LogP contribution in [-0.4, -0.2) is 45.2 Å². The van der Waals surface area contributed by atoms with Crippen LogP contribution in [0.1, 0.15) is 35.3 Å². The standard InChI is InChI=1S/C18H18Cl2N2O3S2/c19-12-7-11(8-13(20)9-12)1-2-14-3-4-16(23)22(14)5-6-26-18-21-15(10-27-18)17(24)25/h7-10,14H,1-6H2,(H,24,25). The molecular formula is C18H18Cl2N2O3S2. The molecule has 1 atom stereocenters. The summed E-state index contributed by atoms with van der Waals surface area (Å²) in [6.07, 6.45) is 3.12. The van der Waals surface area contributed by atoms with Crippen molar-refractivity contribution in [3.63, 3.8) is 0 Å². The number of thiazole rings is 1. The van der Waals surface area contributed by atoms with E-state index in [1.54, 1.807) is 6.07 Å². The van der Waals surface area contributed by atoms with Gasteiger partial charge in [0.15, 0.2) is 10.0 Å². The molecule has 1 fully saturated rings. The Morgan fingerprint density at radius 3 is 2.74 bits per heavy atom. The van der Waals surface area contributed by atoms with Crippen molar-refractivity contribution in [2.45, 2.75) is 36.1 Å². The number of likely N-dealkylation sites (tertiary alicyclic amines) is 1. The Hall–Kier alpha value is -1.28. The van der Waals surface area contributed by atoms with Crippen LogP contribution < -0.4 is 0 Å². The summed E-state index contributed by atoms with van der Waals surface area (Å²) >= 11 is 14.9. The van der Waals surface area contributed by atoms with E-state index in [1.807, 2.05) is 17.0 Å². The number of carbonyl (C=O) groups excluding carboxylic acids is 1. The van der Waals surface area contributed by atoms with E-state index in [9.17, 15) is 9.59 Å². The molecule has 0 spiro atoms. The second kappa shape index (κ2) is 9.28. The molecule has 0 aliphatic carbocycles. The first-order valence-corrected chi connectivity index (χ1v) is 11.1. The lowest BCUT2D eigenvalue weighted by atomic mass is 10.0. The van der Waals surface area contributed by atoms with E-state index in [4.69, 9.17) is 28.3 Å². The Morgan fingerprint density at radius 1 is 1.33 bits per heavy atom. The SMILES string of the molecule is O=C(O)c1csc(SCCN2C(=O)CCC2CCc2cc(Cl)cc(Cl)c2)n1. The average Bonchev–Trinajstić information content (AvgIpc) is 3.20. The Kier molecular flexibility index (Phi) is 7.03. The zero-order chi connectivity index (χ0) is 19.4. The predicted octanol–water partition coefficient (Wildman–Crippen LogP) is 4.86. The molecule has 144 valence electrons. The number of halogens is 2. The molecule has 9 heteroatoms. The van der Waals surface area contributed by atoms with Crippen molar-refractivity contribution in [1.82, 2.24) is 9.88 Å². The Balaban J connectivity index is 1.51. The van der Waals surface area contributed by atoms with Gasteiger partial charge in [-0.15, -0.1) is 11.3 Å². The number of rotatable bonds is 8. The van der Waals surface area contributed by atoms with Crippen LogP contribution >= 0.6 is 46.3 Å². The number of amides is 1. The van der Waals surface area contributed by atoms with Crippen molar-refractivity contribution in [2.75, 3.05) is 12.3 Å². The quantitative estimate of drug-likeness (QED) is 0.588. The number of benzene rings is 1. The highest BCUT2D eigenvalue weighted by Gasteiger charge is 2.30. The fourth-order valence-corrected chi connectivity index (χ4v) is 5.52. The number of carboxylic acid groups (broad SMARTS) is 1. The van der Waals surface area contributed by atoms with Gasteiger partial charge in [0.2, 0.25) is 5.91 Å². The van der Waals surface area contributed by atoms with Crippen molar-refractivity contribution in [3.8, 4) is 0 Å². The fourth-order valence-electron chi connectivity index (χ4n) is 3.14. The number of hydrogen-bond donors (Lipinski definition) is 1. The molecule has 1 N–H and O–H groups in total.